The monoisotopic (exact) mass is 197 g/mol. The zero-order chi connectivity index (χ0) is 9.80. The molecular weight excluding hydrogens is 174 g/mol. The van der Waals surface area contributed by atoms with E-state index in [0.717, 1.165) is 25.0 Å². The summed E-state index contributed by atoms with van der Waals surface area (Å²) in [7, 11) is 0. The van der Waals surface area contributed by atoms with Crippen molar-refractivity contribution in [3.8, 4) is 0 Å². The minimum Gasteiger partial charge on any atom is -0.378 e. The molecule has 1 aliphatic carbocycles. The summed E-state index contributed by atoms with van der Waals surface area (Å²) < 4.78 is 5.65. The lowest BCUT2D eigenvalue weighted by Gasteiger charge is -2.19. The predicted molar refractivity (Wildman–Crippen MR) is 58.1 cm³/mol. The van der Waals surface area contributed by atoms with Crippen molar-refractivity contribution in [3.05, 3.63) is 0 Å². The van der Waals surface area contributed by atoms with Crippen molar-refractivity contribution in [3.63, 3.8) is 0 Å². The Balaban J connectivity index is 1.68. The Hall–Kier alpha value is -0.0800. The Kier molecular flexibility index (Phi) is 3.82. The average molecular weight is 197 g/mol. The maximum Gasteiger partial charge on any atom is 0.0576 e. The second-order valence-corrected chi connectivity index (χ2v) is 4.90. The molecule has 2 aliphatic rings. The molecule has 2 nitrogen and oxygen atoms in total. The minimum absolute atomic E-state index is 0.578. The van der Waals surface area contributed by atoms with Crippen LogP contribution in [0, 0.1) is 11.8 Å². The van der Waals surface area contributed by atoms with Crippen molar-refractivity contribution >= 4 is 0 Å². The SMILES string of the molecule is NCC1CCCC1CCC1CCCO1. The van der Waals surface area contributed by atoms with Gasteiger partial charge in [0, 0.05) is 6.61 Å². The molecule has 0 aromatic heterocycles. The molecule has 1 saturated carbocycles. The van der Waals surface area contributed by atoms with E-state index in [-0.39, 0.29) is 0 Å². The Morgan fingerprint density at radius 2 is 1.86 bits per heavy atom. The summed E-state index contributed by atoms with van der Waals surface area (Å²) in [5.41, 5.74) is 5.78. The molecular formula is C12H23NO. The topological polar surface area (TPSA) is 35.2 Å². The van der Waals surface area contributed by atoms with E-state index in [2.05, 4.69) is 0 Å². The Morgan fingerprint density at radius 3 is 2.57 bits per heavy atom. The van der Waals surface area contributed by atoms with Crippen LogP contribution in [-0.2, 0) is 4.74 Å². The molecule has 3 unspecified atom stereocenters. The van der Waals surface area contributed by atoms with Gasteiger partial charge in [-0.15, -0.1) is 0 Å². The van der Waals surface area contributed by atoms with Gasteiger partial charge in [0.2, 0.25) is 0 Å². The molecule has 2 N–H and O–H groups in total. The lowest BCUT2D eigenvalue weighted by atomic mass is 9.90. The van der Waals surface area contributed by atoms with Crippen molar-refractivity contribution in [1.29, 1.82) is 0 Å². The highest BCUT2D eigenvalue weighted by atomic mass is 16.5. The Morgan fingerprint density at radius 1 is 1.00 bits per heavy atom. The molecule has 82 valence electrons. The zero-order valence-corrected chi connectivity index (χ0v) is 9.08. The first kappa shape index (κ1) is 10.4. The third-order valence-corrected chi connectivity index (χ3v) is 4.00. The van der Waals surface area contributed by atoms with Crippen LogP contribution in [0.4, 0.5) is 0 Å². The zero-order valence-electron chi connectivity index (χ0n) is 9.08. The molecule has 2 rings (SSSR count). The number of hydrogen-bond acceptors (Lipinski definition) is 2. The number of hydrogen-bond donors (Lipinski definition) is 1. The van der Waals surface area contributed by atoms with Crippen LogP contribution in [0.1, 0.15) is 44.9 Å². The minimum atomic E-state index is 0.578. The summed E-state index contributed by atoms with van der Waals surface area (Å²) in [5, 5.41) is 0. The third-order valence-electron chi connectivity index (χ3n) is 4.00. The largest absolute Gasteiger partial charge is 0.378 e. The fraction of sp³-hybridized carbons (Fsp3) is 1.00. The molecule has 2 heteroatoms. The highest BCUT2D eigenvalue weighted by molar-refractivity contribution is 4.79. The summed E-state index contributed by atoms with van der Waals surface area (Å²) >= 11 is 0. The van der Waals surface area contributed by atoms with Crippen LogP contribution in [0.5, 0.6) is 0 Å². The van der Waals surface area contributed by atoms with E-state index in [9.17, 15) is 0 Å². The van der Waals surface area contributed by atoms with E-state index in [1.54, 1.807) is 0 Å². The number of nitrogens with two attached hydrogens (primary N) is 1. The highest BCUT2D eigenvalue weighted by Crippen LogP contribution is 2.35. The van der Waals surface area contributed by atoms with E-state index >= 15 is 0 Å². The summed E-state index contributed by atoms with van der Waals surface area (Å²) in [6.07, 6.45) is 9.96. The Bertz CT molecular complexity index is 166. The van der Waals surface area contributed by atoms with Crippen LogP contribution in [0.2, 0.25) is 0 Å². The van der Waals surface area contributed by atoms with E-state index in [0.29, 0.717) is 6.10 Å². The van der Waals surface area contributed by atoms with Crippen LogP contribution in [0.15, 0.2) is 0 Å². The van der Waals surface area contributed by atoms with Crippen LogP contribution in [-0.4, -0.2) is 19.3 Å². The smallest absolute Gasteiger partial charge is 0.0576 e. The normalized spacial score (nSPS) is 37.9. The lowest BCUT2D eigenvalue weighted by molar-refractivity contribution is 0.0961. The number of ether oxygens (including phenoxy) is 1. The highest BCUT2D eigenvalue weighted by Gasteiger charge is 2.27. The van der Waals surface area contributed by atoms with Gasteiger partial charge in [0.05, 0.1) is 6.10 Å². The molecule has 2 fully saturated rings. The molecule has 0 amide bonds. The third kappa shape index (κ3) is 2.48. The number of rotatable bonds is 4. The summed E-state index contributed by atoms with van der Waals surface area (Å²) in [4.78, 5) is 0. The van der Waals surface area contributed by atoms with Gasteiger partial charge in [-0.2, -0.15) is 0 Å². The molecule has 0 bridgehead atoms. The molecule has 0 spiro atoms. The van der Waals surface area contributed by atoms with Crippen LogP contribution >= 0.6 is 0 Å². The van der Waals surface area contributed by atoms with Gasteiger partial charge < -0.3 is 10.5 Å². The van der Waals surface area contributed by atoms with Crippen molar-refractivity contribution < 1.29 is 4.74 Å². The fourth-order valence-corrected chi connectivity index (χ4v) is 3.08. The molecule has 1 saturated heterocycles. The van der Waals surface area contributed by atoms with Gasteiger partial charge in [-0.1, -0.05) is 12.8 Å². The van der Waals surface area contributed by atoms with Gasteiger partial charge in [0.15, 0.2) is 0 Å². The lowest BCUT2D eigenvalue weighted by Crippen LogP contribution is -2.19. The Labute approximate surface area is 87.2 Å². The first-order chi connectivity index (χ1) is 6.90. The van der Waals surface area contributed by atoms with Crippen molar-refractivity contribution in [2.75, 3.05) is 13.2 Å². The maximum atomic E-state index is 5.78. The van der Waals surface area contributed by atoms with Gasteiger partial charge in [-0.25, -0.2) is 0 Å². The maximum absolute atomic E-state index is 5.78. The van der Waals surface area contributed by atoms with Gasteiger partial charge >= 0.3 is 0 Å². The summed E-state index contributed by atoms with van der Waals surface area (Å²) in [6.45, 7) is 1.89. The van der Waals surface area contributed by atoms with E-state index in [1.165, 1.54) is 44.9 Å². The first-order valence-electron chi connectivity index (χ1n) is 6.22. The van der Waals surface area contributed by atoms with Crippen LogP contribution in [0.3, 0.4) is 0 Å². The molecule has 0 aromatic rings. The quantitative estimate of drug-likeness (QED) is 0.750. The molecule has 1 heterocycles. The van der Waals surface area contributed by atoms with Crippen LogP contribution in [0.25, 0.3) is 0 Å². The summed E-state index contributed by atoms with van der Waals surface area (Å²) in [5.74, 6) is 1.72. The van der Waals surface area contributed by atoms with Crippen molar-refractivity contribution in [2.45, 2.75) is 51.0 Å². The van der Waals surface area contributed by atoms with E-state index < -0.39 is 0 Å². The molecule has 0 aromatic carbocycles. The van der Waals surface area contributed by atoms with Crippen LogP contribution < -0.4 is 5.73 Å². The molecule has 0 radical (unpaired) electrons. The fourth-order valence-electron chi connectivity index (χ4n) is 3.08. The van der Waals surface area contributed by atoms with Crippen molar-refractivity contribution in [1.82, 2.24) is 0 Å². The van der Waals surface area contributed by atoms with Gasteiger partial charge in [-0.3, -0.25) is 0 Å². The second kappa shape index (κ2) is 5.13. The standard InChI is InChI=1S/C12H23NO/c13-9-11-4-1-3-10(11)6-7-12-5-2-8-14-12/h10-12H,1-9,13H2. The van der Waals surface area contributed by atoms with E-state index in [1.807, 2.05) is 0 Å². The van der Waals surface area contributed by atoms with Gasteiger partial charge in [-0.05, 0) is 50.5 Å². The molecule has 3 atom stereocenters. The predicted octanol–water partition coefficient (Wildman–Crippen LogP) is 2.32. The first-order valence-corrected chi connectivity index (χ1v) is 6.22. The molecule has 1 aliphatic heterocycles. The van der Waals surface area contributed by atoms with Gasteiger partial charge in [0.1, 0.15) is 0 Å². The van der Waals surface area contributed by atoms with Gasteiger partial charge in [0.25, 0.3) is 0 Å². The molecule has 14 heavy (non-hydrogen) atoms. The van der Waals surface area contributed by atoms with E-state index in [4.69, 9.17) is 10.5 Å². The summed E-state index contributed by atoms with van der Waals surface area (Å²) in [6, 6.07) is 0. The second-order valence-electron chi connectivity index (χ2n) is 4.90. The van der Waals surface area contributed by atoms with Crippen molar-refractivity contribution in [2.24, 2.45) is 17.6 Å². The average Bonchev–Trinajstić information content (AvgIpc) is 2.85.